The number of hydrogen-bond acceptors (Lipinski definition) is 3. The van der Waals surface area contributed by atoms with Gasteiger partial charge in [-0.1, -0.05) is 6.07 Å². The molecule has 0 saturated carbocycles. The minimum Gasteiger partial charge on any atom is -0.399 e. The summed E-state index contributed by atoms with van der Waals surface area (Å²) < 4.78 is 0. The molecule has 0 atom stereocenters. The fourth-order valence-corrected chi connectivity index (χ4v) is 2.61. The smallest absolute Gasteiger partial charge is 0.224 e. The molecule has 0 unspecified atom stereocenters. The van der Waals surface area contributed by atoms with Crippen LogP contribution < -0.4 is 11.1 Å². The molecule has 2 aromatic rings. The summed E-state index contributed by atoms with van der Waals surface area (Å²) in [6, 6.07) is 9.69. The van der Waals surface area contributed by atoms with Crippen LogP contribution in [-0.4, -0.2) is 5.91 Å². The number of aryl methyl sites for hydroxylation is 2. The third kappa shape index (κ3) is 4.10. The fraction of sp³-hybridized carbons (Fsp3) is 0.267. The second-order valence-electron chi connectivity index (χ2n) is 4.55. The average molecular weight is 274 g/mol. The Kier molecular flexibility index (Phi) is 4.58. The molecule has 3 N–H and O–H groups in total. The number of hydrogen-bond donors (Lipinski definition) is 2. The topological polar surface area (TPSA) is 55.1 Å². The first kappa shape index (κ1) is 13.6. The van der Waals surface area contributed by atoms with Gasteiger partial charge in [0.15, 0.2) is 0 Å². The summed E-state index contributed by atoms with van der Waals surface area (Å²) in [7, 11) is 0. The Morgan fingerprint density at radius 3 is 2.89 bits per heavy atom. The molecular weight excluding hydrogens is 256 g/mol. The minimum atomic E-state index is 0.0562. The predicted molar refractivity (Wildman–Crippen MR) is 81.5 cm³/mol. The Labute approximate surface area is 117 Å². The van der Waals surface area contributed by atoms with E-state index in [0.29, 0.717) is 6.42 Å². The van der Waals surface area contributed by atoms with Gasteiger partial charge in [-0.3, -0.25) is 4.79 Å². The van der Waals surface area contributed by atoms with E-state index in [-0.39, 0.29) is 5.91 Å². The van der Waals surface area contributed by atoms with Gasteiger partial charge in [0.2, 0.25) is 5.91 Å². The van der Waals surface area contributed by atoms with Gasteiger partial charge < -0.3 is 11.1 Å². The van der Waals surface area contributed by atoms with Crippen molar-refractivity contribution in [1.29, 1.82) is 0 Å². The summed E-state index contributed by atoms with van der Waals surface area (Å²) >= 11 is 1.74. The molecule has 0 saturated heterocycles. The van der Waals surface area contributed by atoms with Crippen LogP contribution in [0.15, 0.2) is 35.7 Å². The molecule has 100 valence electrons. The Morgan fingerprint density at radius 2 is 2.21 bits per heavy atom. The summed E-state index contributed by atoms with van der Waals surface area (Å²) in [5.41, 5.74) is 8.28. The van der Waals surface area contributed by atoms with Crippen molar-refractivity contribution in [2.45, 2.75) is 26.2 Å². The highest BCUT2D eigenvalue weighted by Crippen LogP contribution is 2.17. The van der Waals surface area contributed by atoms with Crippen molar-refractivity contribution in [3.63, 3.8) is 0 Å². The number of nitrogen functional groups attached to an aromatic ring is 1. The van der Waals surface area contributed by atoms with Crippen LogP contribution in [0.4, 0.5) is 11.4 Å². The summed E-state index contributed by atoms with van der Waals surface area (Å²) in [5, 5.41) is 4.96. The second kappa shape index (κ2) is 6.38. The zero-order valence-electron chi connectivity index (χ0n) is 11.0. The molecule has 1 amide bonds. The number of rotatable bonds is 5. The molecule has 0 spiro atoms. The van der Waals surface area contributed by atoms with Crippen molar-refractivity contribution < 1.29 is 4.79 Å². The second-order valence-corrected chi connectivity index (χ2v) is 5.58. The van der Waals surface area contributed by atoms with Gasteiger partial charge in [0.1, 0.15) is 0 Å². The number of thiophene rings is 1. The summed E-state index contributed by atoms with van der Waals surface area (Å²) in [6.07, 6.45) is 2.38. The normalized spacial score (nSPS) is 10.4. The lowest BCUT2D eigenvalue weighted by molar-refractivity contribution is -0.116. The molecule has 0 aliphatic carbocycles. The van der Waals surface area contributed by atoms with Crippen LogP contribution in [-0.2, 0) is 11.2 Å². The summed E-state index contributed by atoms with van der Waals surface area (Å²) in [4.78, 5) is 13.1. The van der Waals surface area contributed by atoms with Crippen molar-refractivity contribution in [2.75, 3.05) is 11.1 Å². The zero-order chi connectivity index (χ0) is 13.7. The Balaban J connectivity index is 1.79. The van der Waals surface area contributed by atoms with Crippen LogP contribution in [0.25, 0.3) is 0 Å². The highest BCUT2D eigenvalue weighted by Gasteiger charge is 2.04. The first-order valence-corrected chi connectivity index (χ1v) is 7.21. The van der Waals surface area contributed by atoms with Crippen molar-refractivity contribution in [1.82, 2.24) is 0 Å². The number of nitrogens with two attached hydrogens (primary N) is 1. The van der Waals surface area contributed by atoms with E-state index in [4.69, 9.17) is 5.73 Å². The number of benzene rings is 1. The molecule has 0 fully saturated rings. The van der Waals surface area contributed by atoms with Gasteiger partial charge in [-0.05, 0) is 55.0 Å². The van der Waals surface area contributed by atoms with Crippen LogP contribution >= 0.6 is 11.3 Å². The van der Waals surface area contributed by atoms with E-state index in [0.717, 1.165) is 29.8 Å². The monoisotopic (exact) mass is 274 g/mol. The van der Waals surface area contributed by atoms with Crippen molar-refractivity contribution in [3.05, 3.63) is 46.2 Å². The van der Waals surface area contributed by atoms with E-state index >= 15 is 0 Å². The van der Waals surface area contributed by atoms with E-state index in [2.05, 4.69) is 16.8 Å². The highest BCUT2D eigenvalue weighted by molar-refractivity contribution is 7.09. The molecule has 1 aromatic carbocycles. The van der Waals surface area contributed by atoms with Gasteiger partial charge in [-0.15, -0.1) is 11.3 Å². The van der Waals surface area contributed by atoms with Crippen LogP contribution in [0.3, 0.4) is 0 Å². The van der Waals surface area contributed by atoms with Crippen molar-refractivity contribution >= 4 is 28.6 Å². The van der Waals surface area contributed by atoms with Gasteiger partial charge >= 0.3 is 0 Å². The largest absolute Gasteiger partial charge is 0.399 e. The predicted octanol–water partition coefficient (Wildman–Crippen LogP) is 3.60. The first-order chi connectivity index (χ1) is 9.15. The SMILES string of the molecule is Cc1cc(NC(=O)CCCc2cccs2)ccc1N. The molecule has 0 aliphatic heterocycles. The average Bonchev–Trinajstić information content (AvgIpc) is 2.87. The third-order valence-electron chi connectivity index (χ3n) is 2.96. The first-order valence-electron chi connectivity index (χ1n) is 6.33. The van der Waals surface area contributed by atoms with Crippen LogP contribution in [0, 0.1) is 6.92 Å². The van der Waals surface area contributed by atoms with Gasteiger partial charge in [-0.25, -0.2) is 0 Å². The van der Waals surface area contributed by atoms with E-state index in [1.54, 1.807) is 11.3 Å². The summed E-state index contributed by atoms with van der Waals surface area (Å²) in [5.74, 6) is 0.0562. The molecule has 19 heavy (non-hydrogen) atoms. The molecule has 0 bridgehead atoms. The van der Waals surface area contributed by atoms with Crippen LogP contribution in [0.5, 0.6) is 0 Å². The van der Waals surface area contributed by atoms with Crippen LogP contribution in [0.2, 0.25) is 0 Å². The lowest BCUT2D eigenvalue weighted by Crippen LogP contribution is -2.11. The number of anilines is 2. The maximum atomic E-state index is 11.8. The standard InChI is InChI=1S/C15H18N2OS/c1-11-10-12(7-8-14(11)16)17-15(18)6-2-4-13-5-3-9-19-13/h3,5,7-10H,2,4,6,16H2,1H3,(H,17,18). The lowest BCUT2D eigenvalue weighted by atomic mass is 10.1. The van der Waals surface area contributed by atoms with E-state index < -0.39 is 0 Å². The van der Waals surface area contributed by atoms with Gasteiger partial charge in [0.05, 0.1) is 0 Å². The minimum absolute atomic E-state index is 0.0562. The van der Waals surface area contributed by atoms with Gasteiger partial charge in [0.25, 0.3) is 0 Å². The number of carbonyl (C=O) groups excluding carboxylic acids is 1. The lowest BCUT2D eigenvalue weighted by Gasteiger charge is -2.07. The quantitative estimate of drug-likeness (QED) is 0.818. The van der Waals surface area contributed by atoms with E-state index in [9.17, 15) is 4.79 Å². The third-order valence-corrected chi connectivity index (χ3v) is 3.90. The molecule has 0 radical (unpaired) electrons. The zero-order valence-corrected chi connectivity index (χ0v) is 11.8. The Hall–Kier alpha value is -1.81. The summed E-state index contributed by atoms with van der Waals surface area (Å²) in [6.45, 7) is 1.93. The Morgan fingerprint density at radius 1 is 1.37 bits per heavy atom. The van der Waals surface area contributed by atoms with Crippen molar-refractivity contribution in [3.8, 4) is 0 Å². The molecular formula is C15H18N2OS. The molecule has 4 heteroatoms. The number of carbonyl (C=O) groups is 1. The maximum Gasteiger partial charge on any atom is 0.224 e. The molecule has 3 nitrogen and oxygen atoms in total. The fourth-order valence-electron chi connectivity index (χ4n) is 1.85. The van der Waals surface area contributed by atoms with Crippen molar-refractivity contribution in [2.24, 2.45) is 0 Å². The molecule has 2 rings (SSSR count). The number of nitrogens with one attached hydrogen (secondary N) is 1. The molecule has 0 aliphatic rings. The maximum absolute atomic E-state index is 11.8. The number of amides is 1. The molecule has 1 heterocycles. The van der Waals surface area contributed by atoms with E-state index in [1.807, 2.05) is 31.2 Å². The Bertz CT molecular complexity index is 549. The van der Waals surface area contributed by atoms with E-state index in [1.165, 1.54) is 4.88 Å². The molecule has 1 aromatic heterocycles. The van der Waals surface area contributed by atoms with Crippen LogP contribution in [0.1, 0.15) is 23.3 Å². The highest BCUT2D eigenvalue weighted by atomic mass is 32.1. The van der Waals surface area contributed by atoms with Gasteiger partial charge in [0, 0.05) is 22.7 Å². The van der Waals surface area contributed by atoms with Gasteiger partial charge in [-0.2, -0.15) is 0 Å².